The van der Waals surface area contributed by atoms with Gasteiger partial charge in [-0.15, -0.1) is 0 Å². The fourth-order valence-corrected chi connectivity index (χ4v) is 1.25. The second-order valence-corrected chi connectivity index (χ2v) is 5.18. The van der Waals surface area contributed by atoms with Gasteiger partial charge in [-0.2, -0.15) is 0 Å². The number of primary amides is 1. The van der Waals surface area contributed by atoms with E-state index in [1.807, 2.05) is 0 Å². The SMILES string of the molecule is CC(C)(C)OC(N)=O.O=C(O)CCc1ccc(F)c(F)c1. The maximum absolute atomic E-state index is 12.6. The van der Waals surface area contributed by atoms with Gasteiger partial charge in [0.05, 0.1) is 0 Å². The van der Waals surface area contributed by atoms with Gasteiger partial charge in [0.1, 0.15) is 5.60 Å². The van der Waals surface area contributed by atoms with Crippen LogP contribution >= 0.6 is 0 Å². The van der Waals surface area contributed by atoms with E-state index in [0.717, 1.165) is 12.1 Å². The summed E-state index contributed by atoms with van der Waals surface area (Å²) in [6.07, 6.45) is -0.588. The number of rotatable bonds is 3. The molecule has 0 aliphatic rings. The molecule has 0 aliphatic heterocycles. The van der Waals surface area contributed by atoms with E-state index in [0.29, 0.717) is 5.56 Å². The molecule has 0 aromatic heterocycles. The lowest BCUT2D eigenvalue weighted by atomic mass is 10.1. The topological polar surface area (TPSA) is 89.6 Å². The highest BCUT2D eigenvalue weighted by Crippen LogP contribution is 2.10. The monoisotopic (exact) mass is 303 g/mol. The van der Waals surface area contributed by atoms with E-state index >= 15 is 0 Å². The van der Waals surface area contributed by atoms with E-state index in [1.165, 1.54) is 6.07 Å². The average molecular weight is 303 g/mol. The molecule has 0 radical (unpaired) electrons. The minimum Gasteiger partial charge on any atom is -0.481 e. The number of carbonyl (C=O) groups is 2. The van der Waals surface area contributed by atoms with Crippen LogP contribution in [0.5, 0.6) is 0 Å². The number of aryl methyl sites for hydroxylation is 1. The summed E-state index contributed by atoms with van der Waals surface area (Å²) in [6, 6.07) is 3.38. The number of hydrogen-bond donors (Lipinski definition) is 2. The third-order valence-electron chi connectivity index (χ3n) is 2.02. The van der Waals surface area contributed by atoms with Crippen LogP contribution in [0.1, 0.15) is 32.8 Å². The van der Waals surface area contributed by atoms with Crippen molar-refractivity contribution in [3.63, 3.8) is 0 Å². The quantitative estimate of drug-likeness (QED) is 0.898. The molecule has 5 nitrogen and oxygen atoms in total. The number of carboxylic acids is 1. The van der Waals surface area contributed by atoms with E-state index in [-0.39, 0.29) is 12.8 Å². The summed E-state index contributed by atoms with van der Waals surface area (Å²) in [7, 11) is 0. The zero-order valence-corrected chi connectivity index (χ0v) is 12.2. The third kappa shape index (κ3) is 10.3. The van der Waals surface area contributed by atoms with Crippen molar-refractivity contribution in [1.29, 1.82) is 0 Å². The first kappa shape index (κ1) is 18.8. The average Bonchev–Trinajstić information content (AvgIpc) is 2.28. The van der Waals surface area contributed by atoms with Gasteiger partial charge in [-0.25, -0.2) is 13.6 Å². The van der Waals surface area contributed by atoms with Gasteiger partial charge in [0, 0.05) is 6.42 Å². The summed E-state index contributed by atoms with van der Waals surface area (Å²) in [5.74, 6) is -2.81. The number of aliphatic carboxylic acids is 1. The first-order chi connectivity index (χ1) is 9.51. The molecule has 0 aliphatic carbocycles. The molecule has 0 spiro atoms. The molecular weight excluding hydrogens is 284 g/mol. The first-order valence-corrected chi connectivity index (χ1v) is 6.15. The van der Waals surface area contributed by atoms with Crippen LogP contribution in [-0.4, -0.2) is 22.8 Å². The lowest BCUT2D eigenvalue weighted by Crippen LogP contribution is -2.27. The number of carbonyl (C=O) groups excluding carboxylic acids is 1. The Bertz CT molecular complexity index is 498. The van der Waals surface area contributed by atoms with Gasteiger partial charge in [0.15, 0.2) is 11.6 Å². The Kier molecular flexibility index (Phi) is 7.33. The zero-order valence-electron chi connectivity index (χ0n) is 12.2. The number of benzene rings is 1. The highest BCUT2D eigenvalue weighted by atomic mass is 19.2. The molecule has 7 heteroatoms. The largest absolute Gasteiger partial charge is 0.481 e. The molecule has 21 heavy (non-hydrogen) atoms. The van der Waals surface area contributed by atoms with Crippen LogP contribution in [0.15, 0.2) is 18.2 Å². The van der Waals surface area contributed by atoms with Crippen molar-refractivity contribution < 1.29 is 28.2 Å². The van der Waals surface area contributed by atoms with Gasteiger partial charge < -0.3 is 15.6 Å². The Hall–Kier alpha value is -2.18. The minimum atomic E-state index is -0.954. The summed E-state index contributed by atoms with van der Waals surface area (Å²) in [5.41, 5.74) is 4.75. The van der Waals surface area contributed by atoms with Crippen LogP contribution in [0.3, 0.4) is 0 Å². The Morgan fingerprint density at radius 1 is 1.24 bits per heavy atom. The van der Waals surface area contributed by atoms with Gasteiger partial charge in [0.25, 0.3) is 0 Å². The van der Waals surface area contributed by atoms with Gasteiger partial charge in [-0.3, -0.25) is 4.79 Å². The normalized spacial score (nSPS) is 10.3. The smallest absolute Gasteiger partial charge is 0.405 e. The van der Waals surface area contributed by atoms with E-state index < -0.39 is 29.3 Å². The van der Waals surface area contributed by atoms with Crippen molar-refractivity contribution in [2.75, 3.05) is 0 Å². The molecule has 1 aromatic carbocycles. The number of nitrogens with two attached hydrogens (primary N) is 1. The van der Waals surface area contributed by atoms with Crippen LogP contribution < -0.4 is 5.73 Å². The molecule has 0 bridgehead atoms. The zero-order chi connectivity index (χ0) is 16.6. The molecule has 0 heterocycles. The summed E-state index contributed by atoms with van der Waals surface area (Å²) >= 11 is 0. The number of halogens is 2. The van der Waals surface area contributed by atoms with Crippen molar-refractivity contribution in [2.24, 2.45) is 5.73 Å². The lowest BCUT2D eigenvalue weighted by molar-refractivity contribution is -0.136. The van der Waals surface area contributed by atoms with Gasteiger partial charge in [-0.1, -0.05) is 6.07 Å². The van der Waals surface area contributed by atoms with Gasteiger partial charge in [-0.05, 0) is 44.9 Å². The molecule has 3 N–H and O–H groups in total. The predicted octanol–water partition coefficient (Wildman–Crippen LogP) is 2.86. The van der Waals surface area contributed by atoms with Gasteiger partial charge >= 0.3 is 12.1 Å². The lowest BCUT2D eigenvalue weighted by Gasteiger charge is -2.16. The van der Waals surface area contributed by atoms with Crippen molar-refractivity contribution >= 4 is 12.1 Å². The maximum Gasteiger partial charge on any atom is 0.405 e. The molecule has 1 amide bonds. The molecule has 0 saturated carbocycles. The van der Waals surface area contributed by atoms with Crippen molar-refractivity contribution in [2.45, 2.75) is 39.2 Å². The summed E-state index contributed by atoms with van der Waals surface area (Å²) in [5, 5.41) is 8.33. The standard InChI is InChI=1S/C9H8F2O2.C5H11NO2/c10-7-3-1-6(5-8(7)11)2-4-9(12)13;1-5(2,3)8-4(6)7/h1,3,5H,2,4H2,(H,12,13);1-3H3,(H2,6,7). The molecular formula is C14H19F2NO4. The predicted molar refractivity (Wildman–Crippen MR) is 72.7 cm³/mol. The molecule has 118 valence electrons. The number of carboxylic acid groups (broad SMARTS) is 1. The van der Waals surface area contributed by atoms with Crippen LogP contribution in [0.25, 0.3) is 0 Å². The Morgan fingerprint density at radius 2 is 1.81 bits per heavy atom. The van der Waals surface area contributed by atoms with Gasteiger partial charge in [0.2, 0.25) is 0 Å². The summed E-state index contributed by atoms with van der Waals surface area (Å²) < 4.78 is 29.6. The van der Waals surface area contributed by atoms with Crippen molar-refractivity contribution in [3.8, 4) is 0 Å². The second-order valence-electron chi connectivity index (χ2n) is 5.18. The number of hydrogen-bond acceptors (Lipinski definition) is 3. The molecule has 1 rings (SSSR count). The molecule has 0 saturated heterocycles. The fourth-order valence-electron chi connectivity index (χ4n) is 1.25. The summed E-state index contributed by atoms with van der Waals surface area (Å²) in [4.78, 5) is 20.2. The number of ether oxygens (including phenoxy) is 1. The Balaban J connectivity index is 0.000000433. The number of amides is 1. The van der Waals surface area contributed by atoms with Crippen molar-refractivity contribution in [3.05, 3.63) is 35.4 Å². The highest BCUT2D eigenvalue weighted by molar-refractivity contribution is 5.67. The molecule has 0 unspecified atom stereocenters. The Morgan fingerprint density at radius 3 is 2.14 bits per heavy atom. The fraction of sp³-hybridized carbons (Fsp3) is 0.429. The minimum absolute atomic E-state index is 0.0783. The highest BCUT2D eigenvalue weighted by Gasteiger charge is 2.12. The van der Waals surface area contributed by atoms with E-state index in [9.17, 15) is 18.4 Å². The Labute approximate surface area is 121 Å². The van der Waals surface area contributed by atoms with Crippen LogP contribution in [0, 0.1) is 11.6 Å². The first-order valence-electron chi connectivity index (χ1n) is 6.15. The van der Waals surface area contributed by atoms with Crippen molar-refractivity contribution in [1.82, 2.24) is 0 Å². The molecule has 0 fully saturated rings. The molecule has 1 aromatic rings. The van der Waals surface area contributed by atoms with E-state index in [1.54, 1.807) is 20.8 Å². The molecule has 0 atom stereocenters. The second kappa shape index (κ2) is 8.18. The summed E-state index contributed by atoms with van der Waals surface area (Å²) in [6.45, 7) is 5.28. The van der Waals surface area contributed by atoms with E-state index in [4.69, 9.17) is 10.8 Å². The maximum atomic E-state index is 12.6. The van der Waals surface area contributed by atoms with Crippen LogP contribution in [-0.2, 0) is 16.0 Å². The third-order valence-corrected chi connectivity index (χ3v) is 2.02. The van der Waals surface area contributed by atoms with E-state index in [2.05, 4.69) is 4.74 Å². The van der Waals surface area contributed by atoms with Crippen LogP contribution in [0.4, 0.5) is 13.6 Å². The van der Waals surface area contributed by atoms with Crippen LogP contribution in [0.2, 0.25) is 0 Å².